The maximum atomic E-state index is 12.9. The SMILES string of the molecule is CN(C[C@](CCC=O)(c1ccc(Cl)c(Cl)c1)N(Cc1cccc(Cl)c1Cl)C(=O)O)C(=O)CC(F)(F)F. The highest BCUT2D eigenvalue weighted by Crippen LogP contribution is 2.40. The van der Waals surface area contributed by atoms with Crippen molar-refractivity contribution in [3.05, 3.63) is 67.6 Å². The Morgan fingerprint density at radius 1 is 1.03 bits per heavy atom. The summed E-state index contributed by atoms with van der Waals surface area (Å²) in [5.74, 6) is -1.29. The van der Waals surface area contributed by atoms with Crippen LogP contribution in [0, 0.1) is 0 Å². The minimum Gasteiger partial charge on any atom is -0.465 e. The van der Waals surface area contributed by atoms with Crippen molar-refractivity contribution in [2.24, 2.45) is 0 Å². The average Bonchev–Trinajstić information content (AvgIpc) is 2.78. The molecule has 1 N–H and O–H groups in total. The van der Waals surface area contributed by atoms with Crippen molar-refractivity contribution >= 4 is 64.7 Å². The smallest absolute Gasteiger partial charge is 0.408 e. The number of hydrogen-bond acceptors (Lipinski definition) is 3. The van der Waals surface area contributed by atoms with Gasteiger partial charge in [0.15, 0.2) is 0 Å². The van der Waals surface area contributed by atoms with Gasteiger partial charge in [-0.1, -0.05) is 64.6 Å². The molecular formula is C23H21Cl4F3N2O4. The molecule has 1 atom stereocenters. The number of nitrogens with zero attached hydrogens (tertiary/aromatic N) is 2. The molecule has 0 saturated carbocycles. The quantitative estimate of drug-likeness (QED) is 0.302. The summed E-state index contributed by atoms with van der Waals surface area (Å²) in [7, 11) is 1.12. The number of carboxylic acid groups (broad SMARTS) is 1. The third kappa shape index (κ3) is 7.41. The van der Waals surface area contributed by atoms with Crippen LogP contribution in [0.4, 0.5) is 18.0 Å². The first-order chi connectivity index (χ1) is 16.7. The summed E-state index contributed by atoms with van der Waals surface area (Å²) in [5, 5.41) is 10.7. The lowest BCUT2D eigenvalue weighted by molar-refractivity contribution is -0.161. The van der Waals surface area contributed by atoms with E-state index < -0.39 is 36.7 Å². The van der Waals surface area contributed by atoms with Crippen molar-refractivity contribution in [1.82, 2.24) is 9.80 Å². The standard InChI is InChI=1S/C23H21Cl4F3N2O4/c1-31(19(34)11-23(28,29)30)13-22(8-3-9-33,15-6-7-16(24)18(26)10-15)32(21(35)36)12-14-4-2-5-17(25)20(14)27/h2,4-7,9-10H,3,8,11-13H2,1H3,(H,35,36)/t22-/m1/s1. The van der Waals surface area contributed by atoms with E-state index in [-0.39, 0.29) is 45.0 Å². The van der Waals surface area contributed by atoms with E-state index in [2.05, 4.69) is 0 Å². The highest BCUT2D eigenvalue weighted by atomic mass is 35.5. The van der Waals surface area contributed by atoms with Crippen LogP contribution >= 0.6 is 46.4 Å². The van der Waals surface area contributed by atoms with Crippen LogP contribution in [0.2, 0.25) is 20.1 Å². The normalized spacial score (nSPS) is 13.1. The van der Waals surface area contributed by atoms with E-state index in [1.54, 1.807) is 6.07 Å². The summed E-state index contributed by atoms with van der Waals surface area (Å²) >= 11 is 24.6. The number of halogens is 7. The molecule has 0 heterocycles. The predicted octanol–water partition coefficient (Wildman–Crippen LogP) is 7.07. The van der Waals surface area contributed by atoms with Gasteiger partial charge >= 0.3 is 12.3 Å². The Bertz CT molecular complexity index is 1130. The minimum absolute atomic E-state index is 0.0417. The summed E-state index contributed by atoms with van der Waals surface area (Å²) < 4.78 is 38.8. The fraction of sp³-hybridized carbons (Fsp3) is 0.348. The molecular weight excluding hydrogens is 567 g/mol. The number of alkyl halides is 3. The van der Waals surface area contributed by atoms with Gasteiger partial charge in [0, 0.05) is 20.0 Å². The summed E-state index contributed by atoms with van der Waals surface area (Å²) in [6, 6.07) is 8.76. The van der Waals surface area contributed by atoms with Crippen molar-refractivity contribution in [3.8, 4) is 0 Å². The molecule has 2 aromatic rings. The fourth-order valence-electron chi connectivity index (χ4n) is 3.80. The second-order valence-corrected chi connectivity index (χ2v) is 9.59. The van der Waals surface area contributed by atoms with Crippen molar-refractivity contribution in [1.29, 1.82) is 0 Å². The van der Waals surface area contributed by atoms with Crippen LogP contribution < -0.4 is 0 Å². The van der Waals surface area contributed by atoms with E-state index in [0.29, 0.717) is 11.8 Å². The molecule has 0 radical (unpaired) electrons. The molecule has 0 bridgehead atoms. The number of benzene rings is 2. The van der Waals surface area contributed by atoms with Gasteiger partial charge in [-0.3, -0.25) is 9.69 Å². The average molecular weight is 588 g/mol. The van der Waals surface area contributed by atoms with E-state index >= 15 is 0 Å². The topological polar surface area (TPSA) is 77.9 Å². The van der Waals surface area contributed by atoms with Crippen LogP contribution in [0.1, 0.15) is 30.4 Å². The first kappa shape index (κ1) is 30.0. The first-order valence-electron chi connectivity index (χ1n) is 10.3. The lowest BCUT2D eigenvalue weighted by Gasteiger charge is -2.45. The Morgan fingerprint density at radius 2 is 1.69 bits per heavy atom. The highest BCUT2D eigenvalue weighted by molar-refractivity contribution is 6.42. The predicted molar refractivity (Wildman–Crippen MR) is 132 cm³/mol. The van der Waals surface area contributed by atoms with Gasteiger partial charge < -0.3 is 14.8 Å². The van der Waals surface area contributed by atoms with Gasteiger partial charge in [0.25, 0.3) is 0 Å². The first-order valence-corrected chi connectivity index (χ1v) is 11.9. The lowest BCUT2D eigenvalue weighted by Crippen LogP contribution is -2.55. The summed E-state index contributed by atoms with van der Waals surface area (Å²) in [6.07, 6.45) is -7.85. The molecule has 2 amide bonds. The van der Waals surface area contributed by atoms with E-state index in [4.69, 9.17) is 46.4 Å². The number of hydrogen-bond donors (Lipinski definition) is 1. The second kappa shape index (κ2) is 12.4. The molecule has 0 spiro atoms. The zero-order chi connectivity index (χ0) is 27.3. The molecule has 0 fully saturated rings. The second-order valence-electron chi connectivity index (χ2n) is 7.99. The van der Waals surface area contributed by atoms with Gasteiger partial charge in [-0.2, -0.15) is 13.2 Å². The molecule has 0 saturated heterocycles. The Kier molecular flexibility index (Phi) is 10.3. The Morgan fingerprint density at radius 3 is 2.25 bits per heavy atom. The number of likely N-dealkylation sites (N-methyl/N-ethyl adjacent to an activating group) is 1. The van der Waals surface area contributed by atoms with Gasteiger partial charge in [-0.25, -0.2) is 4.79 Å². The van der Waals surface area contributed by atoms with Crippen LogP contribution in [0.3, 0.4) is 0 Å². The third-order valence-corrected chi connectivity index (χ3v) is 7.11. The molecule has 0 aliphatic heterocycles. The number of carbonyl (C=O) groups excluding carboxylic acids is 2. The zero-order valence-corrected chi connectivity index (χ0v) is 21.8. The number of carbonyl (C=O) groups is 3. The van der Waals surface area contributed by atoms with Crippen LogP contribution in [-0.4, -0.2) is 53.0 Å². The molecule has 2 aromatic carbocycles. The Hall–Kier alpha value is -2.20. The Labute approximate surface area is 225 Å². The molecule has 2 rings (SSSR count). The van der Waals surface area contributed by atoms with Crippen molar-refractivity contribution in [2.45, 2.75) is 37.5 Å². The summed E-state index contributed by atoms with van der Waals surface area (Å²) in [6.45, 7) is -0.896. The van der Waals surface area contributed by atoms with Gasteiger partial charge in [-0.15, -0.1) is 0 Å². The molecule has 6 nitrogen and oxygen atoms in total. The van der Waals surface area contributed by atoms with Crippen molar-refractivity contribution in [2.75, 3.05) is 13.6 Å². The third-order valence-electron chi connectivity index (χ3n) is 5.52. The maximum Gasteiger partial charge on any atom is 0.408 e. The number of rotatable bonds is 10. The van der Waals surface area contributed by atoms with Crippen LogP contribution in [0.25, 0.3) is 0 Å². The van der Waals surface area contributed by atoms with Crippen LogP contribution in [0.15, 0.2) is 36.4 Å². The van der Waals surface area contributed by atoms with E-state index in [1.807, 2.05) is 0 Å². The number of aldehydes is 1. The van der Waals surface area contributed by atoms with Gasteiger partial charge in [0.05, 0.1) is 32.2 Å². The molecule has 0 aliphatic rings. The van der Waals surface area contributed by atoms with E-state index in [0.717, 1.165) is 16.8 Å². The van der Waals surface area contributed by atoms with Gasteiger partial charge in [-0.05, 0) is 35.7 Å². The van der Waals surface area contributed by atoms with Crippen molar-refractivity contribution < 1.29 is 32.7 Å². The molecule has 0 aliphatic carbocycles. The molecule has 196 valence electrons. The number of amides is 2. The molecule has 0 unspecified atom stereocenters. The maximum absolute atomic E-state index is 12.9. The highest BCUT2D eigenvalue weighted by Gasteiger charge is 2.44. The zero-order valence-electron chi connectivity index (χ0n) is 18.8. The largest absolute Gasteiger partial charge is 0.465 e. The van der Waals surface area contributed by atoms with Crippen molar-refractivity contribution in [3.63, 3.8) is 0 Å². The van der Waals surface area contributed by atoms with Gasteiger partial charge in [0.1, 0.15) is 12.7 Å². The van der Waals surface area contributed by atoms with Crippen LogP contribution in [-0.2, 0) is 21.7 Å². The van der Waals surface area contributed by atoms with E-state index in [1.165, 1.54) is 30.3 Å². The molecule has 0 aromatic heterocycles. The van der Waals surface area contributed by atoms with Gasteiger partial charge in [0.2, 0.25) is 5.91 Å². The summed E-state index contributed by atoms with van der Waals surface area (Å²) in [4.78, 5) is 38.1. The minimum atomic E-state index is -4.78. The molecule has 13 heteroatoms. The monoisotopic (exact) mass is 586 g/mol. The Balaban J connectivity index is 2.73. The lowest BCUT2D eigenvalue weighted by atomic mass is 9.82. The van der Waals surface area contributed by atoms with E-state index in [9.17, 15) is 32.7 Å². The van der Waals surface area contributed by atoms with Crippen LogP contribution in [0.5, 0.6) is 0 Å². The fourth-order valence-corrected chi connectivity index (χ4v) is 4.48. The summed E-state index contributed by atoms with van der Waals surface area (Å²) in [5.41, 5.74) is -1.21. The molecule has 36 heavy (non-hydrogen) atoms.